The van der Waals surface area contributed by atoms with Gasteiger partial charge in [-0.25, -0.2) is 4.98 Å². The molecule has 30 heavy (non-hydrogen) atoms. The zero-order chi connectivity index (χ0) is 20.7. The van der Waals surface area contributed by atoms with Crippen molar-refractivity contribution in [2.75, 3.05) is 4.90 Å². The molecule has 148 valence electrons. The molecule has 2 aromatic heterocycles. The number of hydrogen-bond acceptors (Lipinski definition) is 3. The lowest BCUT2D eigenvalue weighted by atomic mass is 9.99. The number of aromatic nitrogens is 2. The second-order valence-corrected chi connectivity index (χ2v) is 8.74. The topological polar surface area (TPSA) is 29.0 Å². The van der Waals surface area contributed by atoms with Crippen LogP contribution in [0.15, 0.2) is 85.1 Å². The first-order valence-corrected chi connectivity index (χ1v) is 10.4. The highest BCUT2D eigenvalue weighted by Gasteiger charge is 2.30. The summed E-state index contributed by atoms with van der Waals surface area (Å²) in [5.41, 5.74) is 8.30. The molecule has 0 saturated carbocycles. The molecule has 0 saturated heterocycles. The van der Waals surface area contributed by atoms with Crippen molar-refractivity contribution in [3.63, 3.8) is 0 Å². The number of rotatable bonds is 3. The Labute approximate surface area is 178 Å². The van der Waals surface area contributed by atoms with Crippen molar-refractivity contribution in [1.82, 2.24) is 9.97 Å². The van der Waals surface area contributed by atoms with Crippen molar-refractivity contribution >= 4 is 11.5 Å². The van der Waals surface area contributed by atoms with Crippen molar-refractivity contribution in [1.29, 1.82) is 0 Å². The van der Waals surface area contributed by atoms with Gasteiger partial charge in [0.2, 0.25) is 0 Å². The van der Waals surface area contributed by atoms with Crippen LogP contribution in [0.5, 0.6) is 0 Å². The summed E-state index contributed by atoms with van der Waals surface area (Å²) in [5.74, 6) is 0.940. The average Bonchev–Trinajstić information content (AvgIpc) is 3.14. The second kappa shape index (κ2) is 7.10. The molecule has 1 aliphatic carbocycles. The van der Waals surface area contributed by atoms with Gasteiger partial charge in [-0.15, -0.1) is 0 Å². The maximum Gasteiger partial charge on any atom is 0.134 e. The number of pyridine rings is 2. The lowest BCUT2D eigenvalue weighted by Gasteiger charge is -2.38. The van der Waals surface area contributed by atoms with Gasteiger partial charge in [-0.2, -0.15) is 0 Å². The fourth-order valence-corrected chi connectivity index (χ4v) is 4.38. The predicted octanol–water partition coefficient (Wildman–Crippen LogP) is 6.65. The first-order valence-electron chi connectivity index (χ1n) is 10.4. The summed E-state index contributed by atoms with van der Waals surface area (Å²) in [6, 6.07) is 27.5. The smallest absolute Gasteiger partial charge is 0.134 e. The average molecular weight is 392 g/mol. The molecular formula is C27H25N3. The summed E-state index contributed by atoms with van der Waals surface area (Å²) in [5, 5.41) is 0. The Bertz CT molecular complexity index is 1210. The van der Waals surface area contributed by atoms with E-state index >= 15 is 0 Å². The van der Waals surface area contributed by atoms with E-state index in [1.54, 1.807) is 0 Å². The minimum absolute atomic E-state index is 0.139. The molecule has 0 fully saturated rings. The predicted molar refractivity (Wildman–Crippen MR) is 124 cm³/mol. The van der Waals surface area contributed by atoms with Crippen LogP contribution in [0.4, 0.5) is 11.5 Å². The van der Waals surface area contributed by atoms with Crippen LogP contribution < -0.4 is 4.90 Å². The molecule has 0 amide bonds. The maximum atomic E-state index is 5.02. The van der Waals surface area contributed by atoms with Gasteiger partial charge in [-0.3, -0.25) is 4.98 Å². The third kappa shape index (κ3) is 3.17. The molecule has 1 aliphatic rings. The van der Waals surface area contributed by atoms with Gasteiger partial charge < -0.3 is 4.90 Å². The van der Waals surface area contributed by atoms with Crippen molar-refractivity contribution in [2.45, 2.75) is 32.7 Å². The quantitative estimate of drug-likeness (QED) is 0.345. The lowest BCUT2D eigenvalue weighted by Crippen LogP contribution is -2.38. The Morgan fingerprint density at radius 2 is 1.47 bits per heavy atom. The van der Waals surface area contributed by atoms with E-state index in [4.69, 9.17) is 4.98 Å². The highest BCUT2D eigenvalue weighted by atomic mass is 15.2. The highest BCUT2D eigenvalue weighted by molar-refractivity contribution is 5.84. The van der Waals surface area contributed by atoms with Crippen LogP contribution in [-0.2, 0) is 6.42 Å². The first-order chi connectivity index (χ1) is 14.5. The standard InChI is InChI=1S/C27H25N3/c1-27(2,3)30(26-16-9-14-24(29-26)23-13-6-7-17-28-23)25-15-8-12-21-20-11-5-4-10-19(20)18-22(21)25/h4-17H,18H2,1-3H3. The van der Waals surface area contributed by atoms with E-state index in [2.05, 4.69) is 85.3 Å². The largest absolute Gasteiger partial charge is 0.321 e. The SMILES string of the molecule is CC(C)(C)N(c1cccc(-c2ccccn2)n1)c1cccc2c1Cc1ccccc1-2. The highest BCUT2D eigenvalue weighted by Crippen LogP contribution is 2.44. The molecule has 2 aromatic carbocycles. The molecule has 0 radical (unpaired) electrons. The fourth-order valence-electron chi connectivity index (χ4n) is 4.38. The third-order valence-corrected chi connectivity index (χ3v) is 5.63. The summed E-state index contributed by atoms with van der Waals surface area (Å²) in [4.78, 5) is 11.9. The summed E-state index contributed by atoms with van der Waals surface area (Å²) < 4.78 is 0. The molecular weight excluding hydrogens is 366 g/mol. The van der Waals surface area contributed by atoms with Gasteiger partial charge in [0.15, 0.2) is 0 Å². The van der Waals surface area contributed by atoms with Gasteiger partial charge >= 0.3 is 0 Å². The van der Waals surface area contributed by atoms with Gasteiger partial charge in [0, 0.05) is 23.8 Å². The Morgan fingerprint density at radius 1 is 0.733 bits per heavy atom. The van der Waals surface area contributed by atoms with Gasteiger partial charge in [-0.1, -0.05) is 48.5 Å². The molecule has 0 N–H and O–H groups in total. The molecule has 3 heteroatoms. The van der Waals surface area contributed by atoms with E-state index in [1.165, 1.54) is 27.9 Å². The van der Waals surface area contributed by atoms with E-state index < -0.39 is 0 Å². The fraction of sp³-hybridized carbons (Fsp3) is 0.185. The molecule has 0 bridgehead atoms. The van der Waals surface area contributed by atoms with E-state index in [0.717, 1.165) is 23.6 Å². The normalized spacial score (nSPS) is 12.4. The van der Waals surface area contributed by atoms with Gasteiger partial charge in [0.25, 0.3) is 0 Å². The van der Waals surface area contributed by atoms with Gasteiger partial charge in [-0.05, 0) is 73.4 Å². The van der Waals surface area contributed by atoms with Crippen molar-refractivity contribution in [2.24, 2.45) is 0 Å². The van der Waals surface area contributed by atoms with E-state index in [1.807, 2.05) is 30.5 Å². The van der Waals surface area contributed by atoms with E-state index in [-0.39, 0.29) is 5.54 Å². The molecule has 0 atom stereocenters. The maximum absolute atomic E-state index is 5.02. The first kappa shape index (κ1) is 18.6. The van der Waals surface area contributed by atoms with Gasteiger partial charge in [0.05, 0.1) is 11.4 Å². The molecule has 2 heterocycles. The molecule has 0 aliphatic heterocycles. The minimum atomic E-state index is -0.139. The number of benzene rings is 2. The Morgan fingerprint density at radius 3 is 2.27 bits per heavy atom. The Balaban J connectivity index is 1.65. The van der Waals surface area contributed by atoms with Crippen LogP contribution >= 0.6 is 0 Å². The zero-order valence-corrected chi connectivity index (χ0v) is 17.6. The number of fused-ring (bicyclic) bond motifs is 3. The molecule has 4 aromatic rings. The third-order valence-electron chi connectivity index (χ3n) is 5.63. The Kier molecular flexibility index (Phi) is 4.39. The van der Waals surface area contributed by atoms with Crippen LogP contribution in [0, 0.1) is 0 Å². The molecule has 0 unspecified atom stereocenters. The summed E-state index contributed by atoms with van der Waals surface area (Å²) in [6.45, 7) is 6.72. The number of anilines is 2. The molecule has 5 rings (SSSR count). The van der Waals surface area contributed by atoms with E-state index in [0.29, 0.717) is 0 Å². The number of hydrogen-bond donors (Lipinski definition) is 0. The second-order valence-electron chi connectivity index (χ2n) is 8.74. The lowest BCUT2D eigenvalue weighted by molar-refractivity contribution is 0.554. The summed E-state index contributed by atoms with van der Waals surface area (Å²) >= 11 is 0. The molecule has 0 spiro atoms. The minimum Gasteiger partial charge on any atom is -0.321 e. The van der Waals surface area contributed by atoms with E-state index in [9.17, 15) is 0 Å². The van der Waals surface area contributed by atoms with Gasteiger partial charge in [0.1, 0.15) is 5.82 Å². The van der Waals surface area contributed by atoms with Crippen LogP contribution in [0.2, 0.25) is 0 Å². The number of nitrogens with zero attached hydrogens (tertiary/aromatic N) is 3. The van der Waals surface area contributed by atoms with Crippen molar-refractivity contribution in [3.05, 3.63) is 96.2 Å². The monoisotopic (exact) mass is 391 g/mol. The van der Waals surface area contributed by atoms with Crippen LogP contribution in [0.25, 0.3) is 22.5 Å². The van der Waals surface area contributed by atoms with Crippen LogP contribution in [0.3, 0.4) is 0 Å². The zero-order valence-electron chi connectivity index (χ0n) is 17.6. The molecule has 3 nitrogen and oxygen atoms in total. The van der Waals surface area contributed by atoms with Crippen molar-refractivity contribution < 1.29 is 0 Å². The van der Waals surface area contributed by atoms with Crippen molar-refractivity contribution in [3.8, 4) is 22.5 Å². The van der Waals surface area contributed by atoms with Crippen LogP contribution in [-0.4, -0.2) is 15.5 Å². The van der Waals surface area contributed by atoms with Crippen LogP contribution in [0.1, 0.15) is 31.9 Å². The Hall–Kier alpha value is -3.46. The summed E-state index contributed by atoms with van der Waals surface area (Å²) in [7, 11) is 0. The summed E-state index contributed by atoms with van der Waals surface area (Å²) in [6.07, 6.45) is 2.76.